The van der Waals surface area contributed by atoms with Crippen molar-refractivity contribution in [3.05, 3.63) is 0 Å². The van der Waals surface area contributed by atoms with Crippen LogP contribution >= 0.6 is 0 Å². The fraction of sp³-hybridized carbons (Fsp3) is 0.857. The van der Waals surface area contributed by atoms with E-state index >= 15 is 0 Å². The lowest BCUT2D eigenvalue weighted by Crippen LogP contribution is -2.51. The molecule has 1 amide bonds. The third-order valence-corrected chi connectivity index (χ3v) is 3.60. The smallest absolute Gasteiger partial charge is 0.305 e. The molecule has 110 valence electrons. The van der Waals surface area contributed by atoms with E-state index in [1.807, 2.05) is 6.92 Å². The van der Waals surface area contributed by atoms with Crippen molar-refractivity contribution in [2.45, 2.75) is 63.8 Å². The van der Waals surface area contributed by atoms with Gasteiger partial charge in [-0.15, -0.1) is 0 Å². The first kappa shape index (κ1) is 16.0. The molecule has 0 unspecified atom stereocenters. The number of carboxylic acid groups (broad SMARTS) is 1. The first-order chi connectivity index (χ1) is 9.08. The molecule has 0 atom stereocenters. The van der Waals surface area contributed by atoms with Gasteiger partial charge in [0.05, 0.1) is 12.0 Å². The summed E-state index contributed by atoms with van der Waals surface area (Å²) in [5, 5.41) is 12.0. The molecule has 0 radical (unpaired) electrons. The molecule has 0 heterocycles. The molecule has 0 aliphatic heterocycles. The maximum atomic E-state index is 11.9. The van der Waals surface area contributed by atoms with Gasteiger partial charge in [-0.1, -0.05) is 19.3 Å². The topological polar surface area (TPSA) is 75.6 Å². The highest BCUT2D eigenvalue weighted by Crippen LogP contribution is 2.31. The molecule has 1 fully saturated rings. The SMILES string of the molecule is CCOCCCC(=O)NC1(CC(=O)O)CCCCC1. The fourth-order valence-electron chi connectivity index (χ4n) is 2.70. The number of hydrogen-bond acceptors (Lipinski definition) is 3. The Hall–Kier alpha value is -1.10. The third-order valence-electron chi connectivity index (χ3n) is 3.60. The van der Waals surface area contributed by atoms with Gasteiger partial charge in [0.1, 0.15) is 0 Å². The van der Waals surface area contributed by atoms with E-state index in [0.717, 1.165) is 32.1 Å². The standard InChI is InChI=1S/C14H25NO4/c1-2-19-10-6-7-12(16)15-14(11-13(17)18)8-4-3-5-9-14/h2-11H2,1H3,(H,15,16)(H,17,18). The predicted octanol–water partition coefficient (Wildman–Crippen LogP) is 2.10. The lowest BCUT2D eigenvalue weighted by Gasteiger charge is -2.37. The summed E-state index contributed by atoms with van der Waals surface area (Å²) in [6.07, 6.45) is 5.78. The summed E-state index contributed by atoms with van der Waals surface area (Å²) in [6, 6.07) is 0. The van der Waals surface area contributed by atoms with Gasteiger partial charge in [0.15, 0.2) is 0 Å². The molecule has 1 rings (SSSR count). The summed E-state index contributed by atoms with van der Waals surface area (Å²) in [5.41, 5.74) is -0.521. The number of carbonyl (C=O) groups excluding carboxylic acids is 1. The third kappa shape index (κ3) is 6.05. The van der Waals surface area contributed by atoms with Crippen LogP contribution in [0.15, 0.2) is 0 Å². The molecular weight excluding hydrogens is 246 g/mol. The average Bonchev–Trinajstić information content (AvgIpc) is 2.34. The van der Waals surface area contributed by atoms with Gasteiger partial charge in [0, 0.05) is 19.6 Å². The van der Waals surface area contributed by atoms with Crippen LogP contribution < -0.4 is 5.32 Å². The van der Waals surface area contributed by atoms with Gasteiger partial charge < -0.3 is 15.2 Å². The van der Waals surface area contributed by atoms with Crippen LogP contribution in [0.25, 0.3) is 0 Å². The average molecular weight is 271 g/mol. The Bertz CT molecular complexity index is 298. The Morgan fingerprint density at radius 1 is 1.26 bits per heavy atom. The molecular formula is C14H25NO4. The van der Waals surface area contributed by atoms with Crippen molar-refractivity contribution in [2.24, 2.45) is 0 Å². The highest BCUT2D eigenvalue weighted by molar-refractivity contribution is 5.78. The molecule has 0 spiro atoms. The first-order valence-electron chi connectivity index (χ1n) is 7.18. The molecule has 1 aliphatic rings. The molecule has 19 heavy (non-hydrogen) atoms. The minimum absolute atomic E-state index is 0.0319. The van der Waals surface area contributed by atoms with E-state index < -0.39 is 11.5 Å². The maximum Gasteiger partial charge on any atom is 0.305 e. The highest BCUT2D eigenvalue weighted by atomic mass is 16.5. The Kier molecular flexibility index (Phi) is 6.84. The summed E-state index contributed by atoms with van der Waals surface area (Å²) in [4.78, 5) is 22.9. The zero-order chi connectivity index (χ0) is 14.1. The summed E-state index contributed by atoms with van der Waals surface area (Å²) >= 11 is 0. The van der Waals surface area contributed by atoms with E-state index in [4.69, 9.17) is 9.84 Å². The van der Waals surface area contributed by atoms with E-state index in [1.54, 1.807) is 0 Å². The van der Waals surface area contributed by atoms with Crippen LogP contribution in [0.5, 0.6) is 0 Å². The van der Waals surface area contributed by atoms with Crippen LogP contribution in [-0.2, 0) is 14.3 Å². The maximum absolute atomic E-state index is 11.9. The van der Waals surface area contributed by atoms with Crippen LogP contribution in [0, 0.1) is 0 Å². The summed E-state index contributed by atoms with van der Waals surface area (Å²) in [5.74, 6) is -0.889. The Morgan fingerprint density at radius 2 is 1.95 bits per heavy atom. The second-order valence-electron chi connectivity index (χ2n) is 5.26. The fourth-order valence-corrected chi connectivity index (χ4v) is 2.70. The largest absolute Gasteiger partial charge is 0.481 e. The number of hydrogen-bond donors (Lipinski definition) is 2. The molecule has 2 N–H and O–H groups in total. The number of aliphatic carboxylic acids is 1. The molecule has 0 aromatic heterocycles. The minimum atomic E-state index is -0.837. The van der Waals surface area contributed by atoms with Crippen LogP contribution in [0.4, 0.5) is 0 Å². The van der Waals surface area contributed by atoms with Gasteiger partial charge in [-0.05, 0) is 26.2 Å². The molecule has 0 aromatic rings. The number of carboxylic acids is 1. The molecule has 0 bridgehead atoms. The van der Waals surface area contributed by atoms with Crippen molar-refractivity contribution in [1.82, 2.24) is 5.32 Å². The van der Waals surface area contributed by atoms with Crippen molar-refractivity contribution in [3.63, 3.8) is 0 Å². The Morgan fingerprint density at radius 3 is 2.53 bits per heavy atom. The van der Waals surface area contributed by atoms with Crippen LogP contribution in [-0.4, -0.2) is 35.7 Å². The highest BCUT2D eigenvalue weighted by Gasteiger charge is 2.35. The summed E-state index contributed by atoms with van der Waals surface area (Å²) < 4.78 is 5.19. The van der Waals surface area contributed by atoms with Gasteiger partial charge in [0.25, 0.3) is 0 Å². The summed E-state index contributed by atoms with van der Waals surface area (Å²) in [6.45, 7) is 3.16. The van der Waals surface area contributed by atoms with Crippen molar-refractivity contribution in [3.8, 4) is 0 Å². The monoisotopic (exact) mass is 271 g/mol. The zero-order valence-corrected chi connectivity index (χ0v) is 11.7. The first-order valence-corrected chi connectivity index (χ1v) is 7.18. The van der Waals surface area contributed by atoms with Gasteiger partial charge in [-0.2, -0.15) is 0 Å². The molecule has 0 saturated heterocycles. The number of carbonyl (C=O) groups is 2. The lowest BCUT2D eigenvalue weighted by molar-refractivity contribution is -0.139. The predicted molar refractivity (Wildman–Crippen MR) is 71.9 cm³/mol. The lowest BCUT2D eigenvalue weighted by atomic mass is 9.79. The van der Waals surface area contributed by atoms with Crippen LogP contribution in [0.3, 0.4) is 0 Å². The van der Waals surface area contributed by atoms with E-state index in [-0.39, 0.29) is 12.3 Å². The zero-order valence-electron chi connectivity index (χ0n) is 11.7. The molecule has 5 heteroatoms. The summed E-state index contributed by atoms with van der Waals surface area (Å²) in [7, 11) is 0. The number of amides is 1. The number of nitrogens with one attached hydrogen (secondary N) is 1. The van der Waals surface area contributed by atoms with Crippen molar-refractivity contribution >= 4 is 11.9 Å². The van der Waals surface area contributed by atoms with Crippen molar-refractivity contribution < 1.29 is 19.4 Å². The van der Waals surface area contributed by atoms with Gasteiger partial charge >= 0.3 is 5.97 Å². The van der Waals surface area contributed by atoms with Crippen LogP contribution in [0.2, 0.25) is 0 Å². The van der Waals surface area contributed by atoms with Gasteiger partial charge in [-0.3, -0.25) is 9.59 Å². The molecule has 0 aromatic carbocycles. The second-order valence-corrected chi connectivity index (χ2v) is 5.26. The molecule has 1 aliphatic carbocycles. The van der Waals surface area contributed by atoms with E-state index in [0.29, 0.717) is 26.1 Å². The normalized spacial score (nSPS) is 17.9. The number of ether oxygens (including phenoxy) is 1. The van der Waals surface area contributed by atoms with E-state index in [9.17, 15) is 9.59 Å². The minimum Gasteiger partial charge on any atom is -0.481 e. The van der Waals surface area contributed by atoms with E-state index in [2.05, 4.69) is 5.32 Å². The molecule has 1 saturated carbocycles. The molecule has 5 nitrogen and oxygen atoms in total. The Labute approximate surface area is 114 Å². The van der Waals surface area contributed by atoms with Crippen LogP contribution in [0.1, 0.15) is 58.3 Å². The van der Waals surface area contributed by atoms with Gasteiger partial charge in [0.2, 0.25) is 5.91 Å². The van der Waals surface area contributed by atoms with Crippen molar-refractivity contribution in [2.75, 3.05) is 13.2 Å². The van der Waals surface area contributed by atoms with Gasteiger partial charge in [-0.25, -0.2) is 0 Å². The second kappa shape index (κ2) is 8.15. The quantitative estimate of drug-likeness (QED) is 0.663. The van der Waals surface area contributed by atoms with E-state index in [1.165, 1.54) is 0 Å². The number of rotatable bonds is 8. The van der Waals surface area contributed by atoms with Crippen molar-refractivity contribution in [1.29, 1.82) is 0 Å². The Balaban J connectivity index is 2.43.